The van der Waals surface area contributed by atoms with E-state index in [0.29, 0.717) is 16.2 Å². The van der Waals surface area contributed by atoms with E-state index in [4.69, 9.17) is 11.6 Å². The van der Waals surface area contributed by atoms with Gasteiger partial charge < -0.3 is 5.11 Å². The minimum absolute atomic E-state index is 0.00673. The van der Waals surface area contributed by atoms with Gasteiger partial charge in [-0.05, 0) is 24.3 Å². The average Bonchev–Trinajstić information content (AvgIpc) is 2.64. The van der Waals surface area contributed by atoms with Crippen LogP contribution in [-0.2, 0) is 0 Å². The lowest BCUT2D eigenvalue weighted by atomic mass is 10.1. The third-order valence-corrected chi connectivity index (χ3v) is 4.04. The number of aliphatic hydroxyl groups excluding tert-OH is 1. The molecule has 0 fully saturated rings. The maximum Gasteiger partial charge on any atom is 0.300 e. The first-order valence-electron chi connectivity index (χ1n) is 7.43. The molecular formula is C18H11ClN4O2. The fraction of sp³-hybridized carbons (Fsp3) is 0. The molecule has 0 aliphatic carbocycles. The largest absolute Gasteiger partial charge is 0.507 e. The highest BCUT2D eigenvalue weighted by molar-refractivity contribution is 6.30. The van der Waals surface area contributed by atoms with Crippen molar-refractivity contribution in [1.29, 1.82) is 0 Å². The Balaban J connectivity index is 1.87. The van der Waals surface area contributed by atoms with Gasteiger partial charge in [0.1, 0.15) is 5.76 Å². The zero-order chi connectivity index (χ0) is 17.4. The van der Waals surface area contributed by atoms with Crippen LogP contribution >= 0.6 is 11.6 Å². The van der Waals surface area contributed by atoms with Crippen molar-refractivity contribution in [2.45, 2.75) is 0 Å². The molecule has 6 nitrogen and oxygen atoms in total. The molecule has 0 amide bonds. The lowest BCUT2D eigenvalue weighted by Gasteiger charge is -2.04. The van der Waals surface area contributed by atoms with Crippen LogP contribution in [0, 0.1) is 0 Å². The van der Waals surface area contributed by atoms with Gasteiger partial charge in [-0.15, -0.1) is 10.2 Å². The summed E-state index contributed by atoms with van der Waals surface area (Å²) in [6.07, 6.45) is 2.86. The first-order valence-corrected chi connectivity index (χ1v) is 7.81. The number of halogens is 1. The van der Waals surface area contributed by atoms with Crippen molar-refractivity contribution in [2.75, 3.05) is 0 Å². The van der Waals surface area contributed by atoms with Gasteiger partial charge in [0.2, 0.25) is 0 Å². The van der Waals surface area contributed by atoms with Gasteiger partial charge in [-0.1, -0.05) is 35.9 Å². The van der Waals surface area contributed by atoms with Crippen molar-refractivity contribution >= 4 is 39.9 Å². The molecule has 0 spiro atoms. The smallest absolute Gasteiger partial charge is 0.300 e. The van der Waals surface area contributed by atoms with E-state index in [-0.39, 0.29) is 11.5 Å². The Morgan fingerprint density at radius 3 is 2.64 bits per heavy atom. The van der Waals surface area contributed by atoms with Crippen molar-refractivity contribution in [3.8, 4) is 0 Å². The van der Waals surface area contributed by atoms with Crippen LogP contribution in [-0.4, -0.2) is 24.9 Å². The average molecular weight is 351 g/mol. The Morgan fingerprint density at radius 2 is 1.84 bits per heavy atom. The third kappa shape index (κ3) is 2.72. The van der Waals surface area contributed by atoms with Gasteiger partial charge in [-0.2, -0.15) is 9.61 Å². The maximum absolute atomic E-state index is 12.6. The predicted molar refractivity (Wildman–Crippen MR) is 96.5 cm³/mol. The normalized spacial score (nSPS) is 12.0. The molecule has 2 heterocycles. The molecule has 2 aromatic carbocycles. The fourth-order valence-electron chi connectivity index (χ4n) is 2.52. The van der Waals surface area contributed by atoms with Crippen molar-refractivity contribution < 1.29 is 5.11 Å². The number of aliphatic hydroxyl groups is 1. The highest BCUT2D eigenvalue weighted by Crippen LogP contribution is 2.18. The molecule has 122 valence electrons. The first kappa shape index (κ1) is 15.3. The number of hydrogen-bond donors (Lipinski definition) is 1. The molecule has 1 N–H and O–H groups in total. The molecule has 0 unspecified atom stereocenters. The topological polar surface area (TPSA) is 80.4 Å². The van der Waals surface area contributed by atoms with E-state index in [1.807, 2.05) is 24.3 Å². The number of aromatic nitrogens is 4. The van der Waals surface area contributed by atoms with Crippen molar-refractivity contribution in [1.82, 2.24) is 19.8 Å². The van der Waals surface area contributed by atoms with Crippen LogP contribution < -0.4 is 5.56 Å². The maximum atomic E-state index is 12.6. The number of benzene rings is 2. The molecule has 2 aromatic heterocycles. The molecule has 0 aliphatic heterocycles. The highest BCUT2D eigenvalue weighted by atomic mass is 35.5. The second kappa shape index (κ2) is 5.99. The molecule has 4 rings (SSSR count). The second-order valence-corrected chi connectivity index (χ2v) is 5.83. The molecule has 25 heavy (non-hydrogen) atoms. The summed E-state index contributed by atoms with van der Waals surface area (Å²) >= 11 is 5.83. The Bertz CT molecular complexity index is 1180. The minimum atomic E-state index is -0.462. The van der Waals surface area contributed by atoms with Gasteiger partial charge in [-0.25, -0.2) is 0 Å². The second-order valence-electron chi connectivity index (χ2n) is 5.39. The summed E-state index contributed by atoms with van der Waals surface area (Å²) in [4.78, 5) is 12.6. The summed E-state index contributed by atoms with van der Waals surface area (Å²) in [6.45, 7) is 0. The van der Waals surface area contributed by atoms with Gasteiger partial charge in [0, 0.05) is 27.4 Å². The van der Waals surface area contributed by atoms with Crippen LogP contribution in [0.3, 0.4) is 0 Å². The van der Waals surface area contributed by atoms with E-state index in [1.165, 1.54) is 10.6 Å². The van der Waals surface area contributed by atoms with Crippen LogP contribution in [0.5, 0.6) is 0 Å². The van der Waals surface area contributed by atoms with Crippen molar-refractivity contribution in [2.24, 2.45) is 0 Å². The van der Waals surface area contributed by atoms with E-state index >= 15 is 0 Å². The van der Waals surface area contributed by atoms with E-state index in [1.54, 1.807) is 30.5 Å². The molecule has 0 atom stereocenters. The summed E-state index contributed by atoms with van der Waals surface area (Å²) in [7, 11) is 0. The van der Waals surface area contributed by atoms with Crippen LogP contribution in [0.15, 0.2) is 59.5 Å². The molecule has 4 aromatic rings. The van der Waals surface area contributed by atoms with Gasteiger partial charge in [0.25, 0.3) is 0 Å². The quantitative estimate of drug-likeness (QED) is 0.443. The monoisotopic (exact) mass is 350 g/mol. The molecule has 0 bridgehead atoms. The van der Waals surface area contributed by atoms with E-state index < -0.39 is 5.56 Å². The van der Waals surface area contributed by atoms with Crippen LogP contribution in [0.1, 0.15) is 11.3 Å². The Kier molecular flexibility index (Phi) is 3.66. The zero-order valence-electron chi connectivity index (χ0n) is 12.8. The number of hydrogen-bond acceptors (Lipinski definition) is 5. The lowest BCUT2D eigenvalue weighted by Crippen LogP contribution is -2.22. The number of nitrogens with zero attached hydrogens (tertiary/aromatic N) is 4. The number of rotatable bonds is 2. The zero-order valence-corrected chi connectivity index (χ0v) is 13.6. The van der Waals surface area contributed by atoms with Crippen molar-refractivity contribution in [3.05, 3.63) is 81.4 Å². The molecule has 0 aliphatic rings. The Labute approximate surface area is 146 Å². The minimum Gasteiger partial charge on any atom is -0.507 e. The summed E-state index contributed by atoms with van der Waals surface area (Å²) in [5.74, 6) is -0.108. The molecule has 0 radical (unpaired) electrons. The summed E-state index contributed by atoms with van der Waals surface area (Å²) in [5, 5.41) is 24.6. The summed E-state index contributed by atoms with van der Waals surface area (Å²) < 4.78 is 1.18. The SMILES string of the molecule is O=c1c(/C=C(\O)c2ccc(Cl)cc2)nnc2c3ccccc3cnn12. The van der Waals surface area contributed by atoms with Gasteiger partial charge in [0.15, 0.2) is 11.3 Å². The van der Waals surface area contributed by atoms with Crippen LogP contribution in [0.4, 0.5) is 0 Å². The van der Waals surface area contributed by atoms with E-state index in [2.05, 4.69) is 15.3 Å². The molecule has 0 saturated heterocycles. The molecule has 0 saturated carbocycles. The summed E-state index contributed by atoms with van der Waals surface area (Å²) in [6, 6.07) is 14.1. The third-order valence-electron chi connectivity index (χ3n) is 3.79. The summed E-state index contributed by atoms with van der Waals surface area (Å²) in [5.41, 5.74) is 0.414. The first-order chi connectivity index (χ1) is 12.1. The van der Waals surface area contributed by atoms with Crippen molar-refractivity contribution in [3.63, 3.8) is 0 Å². The van der Waals surface area contributed by atoms with Crippen LogP contribution in [0.2, 0.25) is 5.02 Å². The Hall–Kier alpha value is -3.25. The number of fused-ring (bicyclic) bond motifs is 3. The van der Waals surface area contributed by atoms with E-state index in [9.17, 15) is 9.90 Å². The van der Waals surface area contributed by atoms with E-state index in [0.717, 1.165) is 10.8 Å². The highest BCUT2D eigenvalue weighted by Gasteiger charge is 2.10. The Morgan fingerprint density at radius 1 is 1.08 bits per heavy atom. The lowest BCUT2D eigenvalue weighted by molar-refractivity contribution is 0.515. The van der Waals surface area contributed by atoms with Crippen LogP contribution in [0.25, 0.3) is 28.3 Å². The van der Waals surface area contributed by atoms with Gasteiger partial charge in [0.05, 0.1) is 6.20 Å². The standard InChI is InChI=1S/C18H11ClN4O2/c19-13-7-5-11(6-8-13)16(24)9-15-18(25)23-17(22-21-15)14-4-2-1-3-12(14)10-20-23/h1-10,24H/b16-9-. The molecule has 7 heteroatoms. The van der Waals surface area contributed by atoms with Gasteiger partial charge in [-0.3, -0.25) is 4.79 Å². The molecular weight excluding hydrogens is 340 g/mol. The predicted octanol–water partition coefficient (Wildman–Crippen LogP) is 3.35. The fourth-order valence-corrected chi connectivity index (χ4v) is 2.65. The van der Waals surface area contributed by atoms with Gasteiger partial charge >= 0.3 is 5.56 Å².